The minimum Gasteiger partial charge on any atom is -0.493 e. The van der Waals surface area contributed by atoms with E-state index in [-0.39, 0.29) is 22.0 Å². The lowest BCUT2D eigenvalue weighted by Crippen LogP contribution is -2.13. The Balaban J connectivity index is 2.38. The van der Waals surface area contributed by atoms with Crippen LogP contribution in [0.3, 0.4) is 0 Å². The van der Waals surface area contributed by atoms with Gasteiger partial charge in [-0.2, -0.15) is 8.42 Å². The molecule has 0 amide bonds. The van der Waals surface area contributed by atoms with E-state index in [9.17, 15) is 18.0 Å². The molecule has 9 heteroatoms. The first kappa shape index (κ1) is 22.0. The summed E-state index contributed by atoms with van der Waals surface area (Å²) in [5.74, 6) is -1.11. The highest BCUT2D eigenvalue weighted by atomic mass is 32.2. The molecule has 0 aromatic heterocycles. The summed E-state index contributed by atoms with van der Waals surface area (Å²) in [7, 11) is -0.452. The van der Waals surface area contributed by atoms with Gasteiger partial charge in [0.1, 0.15) is 4.90 Å². The monoisotopic (exact) mass is 420 g/mol. The van der Waals surface area contributed by atoms with Gasteiger partial charge >= 0.3 is 22.1 Å². The molecular weight excluding hydrogens is 400 g/mol. The van der Waals surface area contributed by atoms with Crippen LogP contribution in [0.4, 0.5) is 0 Å². The molecule has 0 aliphatic heterocycles. The second kappa shape index (κ2) is 9.24. The Morgan fingerprint density at radius 2 is 1.66 bits per heavy atom. The Hall–Kier alpha value is -3.33. The van der Waals surface area contributed by atoms with Crippen LogP contribution in [0.5, 0.6) is 11.5 Å². The number of aryl methyl sites for hydroxylation is 1. The summed E-state index contributed by atoms with van der Waals surface area (Å²) >= 11 is 0. The lowest BCUT2D eigenvalue weighted by molar-refractivity contribution is -0.134. The van der Waals surface area contributed by atoms with Gasteiger partial charge in [-0.25, -0.2) is 9.59 Å². The van der Waals surface area contributed by atoms with Crippen molar-refractivity contribution in [3.8, 4) is 11.5 Å². The summed E-state index contributed by atoms with van der Waals surface area (Å²) in [6.45, 7) is 1.58. The summed E-state index contributed by atoms with van der Waals surface area (Å²) in [5.41, 5.74) is 1.05. The SMILES string of the molecule is COC(=O)C=Cc1ccc(OS(=O)(=O)c2cc(C(=O)OC)ccc2C)c(OC)c1. The molecule has 154 valence electrons. The normalized spacial score (nSPS) is 11.2. The number of esters is 2. The van der Waals surface area contributed by atoms with Gasteiger partial charge in [-0.1, -0.05) is 12.1 Å². The summed E-state index contributed by atoms with van der Waals surface area (Å²) in [5, 5.41) is 0. The third kappa shape index (κ3) is 5.35. The molecule has 0 unspecified atom stereocenters. The van der Waals surface area contributed by atoms with Gasteiger partial charge < -0.3 is 18.4 Å². The number of methoxy groups -OCH3 is 3. The second-order valence-electron chi connectivity index (χ2n) is 5.78. The average Bonchev–Trinajstić information content (AvgIpc) is 2.71. The van der Waals surface area contributed by atoms with E-state index >= 15 is 0 Å². The maximum atomic E-state index is 12.8. The first-order valence-electron chi connectivity index (χ1n) is 8.29. The van der Waals surface area contributed by atoms with Crippen LogP contribution in [0.1, 0.15) is 21.5 Å². The Morgan fingerprint density at radius 3 is 2.28 bits per heavy atom. The molecule has 2 rings (SSSR count). The molecule has 0 spiro atoms. The highest BCUT2D eigenvalue weighted by Crippen LogP contribution is 2.32. The van der Waals surface area contributed by atoms with Crippen LogP contribution >= 0.6 is 0 Å². The van der Waals surface area contributed by atoms with Crippen molar-refractivity contribution in [3.05, 3.63) is 59.2 Å². The van der Waals surface area contributed by atoms with Crippen LogP contribution in [0.2, 0.25) is 0 Å². The van der Waals surface area contributed by atoms with Crippen molar-refractivity contribution in [2.45, 2.75) is 11.8 Å². The van der Waals surface area contributed by atoms with Gasteiger partial charge in [0.05, 0.1) is 26.9 Å². The van der Waals surface area contributed by atoms with Crippen molar-refractivity contribution in [1.29, 1.82) is 0 Å². The Bertz CT molecular complexity index is 1050. The van der Waals surface area contributed by atoms with Crippen molar-refractivity contribution in [3.63, 3.8) is 0 Å². The molecule has 2 aromatic rings. The van der Waals surface area contributed by atoms with Crippen molar-refractivity contribution in [2.75, 3.05) is 21.3 Å². The maximum absolute atomic E-state index is 12.8. The van der Waals surface area contributed by atoms with Crippen molar-refractivity contribution in [2.24, 2.45) is 0 Å². The summed E-state index contributed by atoms with van der Waals surface area (Å²) in [6.07, 6.45) is 2.70. The van der Waals surface area contributed by atoms with Crippen LogP contribution in [-0.2, 0) is 24.4 Å². The molecule has 2 aromatic carbocycles. The molecule has 0 aliphatic carbocycles. The largest absolute Gasteiger partial charge is 0.493 e. The van der Waals surface area contributed by atoms with Crippen LogP contribution in [-0.4, -0.2) is 41.7 Å². The Kier molecular flexibility index (Phi) is 7.00. The summed E-state index contributed by atoms with van der Waals surface area (Å²) in [4.78, 5) is 22.7. The fraction of sp³-hybridized carbons (Fsp3) is 0.200. The average molecular weight is 420 g/mol. The topological polar surface area (TPSA) is 105 Å². The number of hydrogen-bond donors (Lipinski definition) is 0. The van der Waals surface area contributed by atoms with E-state index in [2.05, 4.69) is 9.47 Å². The van der Waals surface area contributed by atoms with E-state index in [1.807, 2.05) is 0 Å². The molecule has 8 nitrogen and oxygen atoms in total. The van der Waals surface area contributed by atoms with Gasteiger partial charge in [0.2, 0.25) is 0 Å². The zero-order valence-corrected chi connectivity index (χ0v) is 17.1. The Labute approximate surface area is 168 Å². The highest BCUT2D eigenvalue weighted by Gasteiger charge is 2.23. The third-order valence-electron chi connectivity index (χ3n) is 3.88. The molecule has 0 N–H and O–H groups in total. The zero-order chi connectivity index (χ0) is 21.6. The van der Waals surface area contributed by atoms with Gasteiger partial charge in [-0.3, -0.25) is 0 Å². The van der Waals surface area contributed by atoms with Gasteiger partial charge in [-0.05, 0) is 48.4 Å². The molecule has 29 heavy (non-hydrogen) atoms. The molecule has 0 fully saturated rings. The first-order valence-corrected chi connectivity index (χ1v) is 9.70. The van der Waals surface area contributed by atoms with E-state index in [1.165, 1.54) is 63.8 Å². The molecule has 0 radical (unpaired) electrons. The molecule has 0 saturated heterocycles. The van der Waals surface area contributed by atoms with Crippen molar-refractivity contribution in [1.82, 2.24) is 0 Å². The summed E-state index contributed by atoms with van der Waals surface area (Å²) < 4.78 is 45.2. The molecule has 0 heterocycles. The molecular formula is C20H20O8S. The molecule has 0 aliphatic rings. The van der Waals surface area contributed by atoms with Gasteiger partial charge in [-0.15, -0.1) is 0 Å². The van der Waals surface area contributed by atoms with Crippen LogP contribution in [0.25, 0.3) is 6.08 Å². The van der Waals surface area contributed by atoms with E-state index in [0.717, 1.165) is 0 Å². The highest BCUT2D eigenvalue weighted by molar-refractivity contribution is 7.87. The standard InChI is InChI=1S/C20H20O8S/c1-13-5-8-15(20(22)27-4)12-18(13)29(23,24)28-16-9-6-14(11-17(16)25-2)7-10-19(21)26-3/h5-12H,1-4H3. The third-order valence-corrected chi connectivity index (χ3v) is 5.26. The molecule has 0 saturated carbocycles. The van der Waals surface area contributed by atoms with E-state index < -0.39 is 22.1 Å². The van der Waals surface area contributed by atoms with Crippen molar-refractivity contribution >= 4 is 28.1 Å². The number of carbonyl (C=O) groups is 2. The minimum absolute atomic E-state index is 0.0504. The first-order chi connectivity index (χ1) is 13.7. The van der Waals surface area contributed by atoms with Gasteiger partial charge in [0.25, 0.3) is 0 Å². The second-order valence-corrected chi connectivity index (χ2v) is 7.29. The van der Waals surface area contributed by atoms with E-state index in [4.69, 9.17) is 8.92 Å². The van der Waals surface area contributed by atoms with Gasteiger partial charge in [0.15, 0.2) is 11.5 Å². The number of carbonyl (C=O) groups excluding carboxylic acids is 2. The quantitative estimate of drug-likeness (QED) is 0.382. The molecule has 0 bridgehead atoms. The van der Waals surface area contributed by atoms with Crippen LogP contribution < -0.4 is 8.92 Å². The van der Waals surface area contributed by atoms with E-state index in [0.29, 0.717) is 11.1 Å². The van der Waals surface area contributed by atoms with Gasteiger partial charge in [0, 0.05) is 6.08 Å². The Morgan fingerprint density at radius 1 is 0.931 bits per heavy atom. The van der Waals surface area contributed by atoms with Crippen LogP contribution in [0, 0.1) is 6.92 Å². The van der Waals surface area contributed by atoms with Crippen LogP contribution in [0.15, 0.2) is 47.4 Å². The number of rotatable bonds is 7. The van der Waals surface area contributed by atoms with E-state index in [1.54, 1.807) is 13.0 Å². The number of hydrogen-bond acceptors (Lipinski definition) is 8. The lowest BCUT2D eigenvalue weighted by atomic mass is 10.1. The van der Waals surface area contributed by atoms with Crippen molar-refractivity contribution < 1.29 is 36.4 Å². The molecule has 0 atom stereocenters. The fourth-order valence-corrected chi connectivity index (χ4v) is 3.56. The zero-order valence-electron chi connectivity index (χ0n) is 16.3. The fourth-order valence-electron chi connectivity index (χ4n) is 2.37. The lowest BCUT2D eigenvalue weighted by Gasteiger charge is -2.13. The summed E-state index contributed by atoms with van der Waals surface area (Å²) in [6, 6.07) is 8.58. The number of benzene rings is 2. The smallest absolute Gasteiger partial charge is 0.339 e. The predicted octanol–water partition coefficient (Wildman–Crippen LogP) is 2.74. The number of ether oxygens (including phenoxy) is 3. The predicted molar refractivity (Wildman–Crippen MR) is 104 cm³/mol. The minimum atomic E-state index is -4.26. The maximum Gasteiger partial charge on any atom is 0.339 e.